The third-order valence-electron chi connectivity index (χ3n) is 6.47. The maximum Gasteiger partial charge on any atom is 0.327 e. The number of nitrogens with two attached hydrogens (primary N) is 1. The van der Waals surface area contributed by atoms with Gasteiger partial charge >= 0.3 is 12.0 Å². The van der Waals surface area contributed by atoms with E-state index in [1.807, 2.05) is 0 Å². The van der Waals surface area contributed by atoms with Crippen molar-refractivity contribution in [2.45, 2.75) is 98.4 Å². The molecular weight excluding hydrogens is 488 g/mol. The Morgan fingerprint density at radius 1 is 1.03 bits per heavy atom. The summed E-state index contributed by atoms with van der Waals surface area (Å²) < 4.78 is 0. The molecule has 0 aliphatic carbocycles. The molecule has 0 saturated heterocycles. The number of aliphatic carboxylic acids is 1. The molecule has 3 unspecified atom stereocenters. The molecule has 9 heteroatoms. The number of amides is 3. The molecule has 0 aromatic rings. The molecule has 0 aliphatic rings. The summed E-state index contributed by atoms with van der Waals surface area (Å²) in [4.78, 5) is 35.7. The van der Waals surface area contributed by atoms with Crippen LogP contribution >= 0.6 is 11.8 Å². The van der Waals surface area contributed by atoms with Gasteiger partial charge < -0.3 is 21.1 Å². The number of carbonyl (C=O) groups excluding carboxylic acids is 2. The van der Waals surface area contributed by atoms with Crippen molar-refractivity contribution in [3.63, 3.8) is 0 Å². The Bertz CT molecular complexity index is 751. The molecular formula is C28H50N4O4S. The Balaban J connectivity index is 4.22. The number of urea groups is 1. The van der Waals surface area contributed by atoms with Gasteiger partial charge in [0.25, 0.3) is 0 Å². The normalized spacial score (nSPS) is 14.0. The number of rotatable bonds is 21. The van der Waals surface area contributed by atoms with E-state index in [9.17, 15) is 19.5 Å². The lowest BCUT2D eigenvalue weighted by Gasteiger charge is -2.21. The maximum atomic E-state index is 12.2. The molecule has 0 rings (SSSR count). The number of primary amides is 1. The maximum absolute atomic E-state index is 12.2. The fourth-order valence-electron chi connectivity index (χ4n) is 4.08. The van der Waals surface area contributed by atoms with Crippen molar-refractivity contribution in [2.75, 3.05) is 24.6 Å². The van der Waals surface area contributed by atoms with E-state index in [4.69, 9.17) is 11.0 Å². The summed E-state index contributed by atoms with van der Waals surface area (Å²) in [6, 6.07) is -0.157. The second kappa shape index (κ2) is 20.8. The summed E-state index contributed by atoms with van der Waals surface area (Å²) in [5, 5.41) is 20.6. The van der Waals surface area contributed by atoms with E-state index in [0.29, 0.717) is 5.75 Å². The van der Waals surface area contributed by atoms with Crippen molar-refractivity contribution in [1.29, 1.82) is 5.26 Å². The first kappa shape index (κ1) is 34.8. The third-order valence-corrected chi connectivity index (χ3v) is 7.44. The summed E-state index contributed by atoms with van der Waals surface area (Å²) in [6.45, 7) is 10.6. The molecule has 3 atom stereocenters. The smallest absolute Gasteiger partial charge is 0.327 e. The first-order chi connectivity index (χ1) is 17.5. The average molecular weight is 539 g/mol. The minimum Gasteiger partial charge on any atom is -0.480 e. The summed E-state index contributed by atoms with van der Waals surface area (Å²) in [6.07, 6.45) is 13.5. The molecule has 0 aliphatic heterocycles. The lowest BCUT2D eigenvalue weighted by molar-refractivity contribution is -0.138. The molecule has 0 spiro atoms. The fraction of sp³-hybridized carbons (Fsp3) is 0.786. The molecule has 0 bridgehead atoms. The van der Waals surface area contributed by atoms with Gasteiger partial charge in [-0.25, -0.2) is 9.59 Å². The highest BCUT2D eigenvalue weighted by molar-refractivity contribution is 7.99. The van der Waals surface area contributed by atoms with Crippen molar-refractivity contribution in [3.05, 3.63) is 11.6 Å². The van der Waals surface area contributed by atoms with Crippen LogP contribution < -0.4 is 11.1 Å². The molecule has 0 saturated carbocycles. The van der Waals surface area contributed by atoms with Gasteiger partial charge in [0, 0.05) is 11.5 Å². The standard InChI is InChI=1S/C28H50N4O4S/c1-21(2)9-6-10-22(3)11-7-12-23(4)13-8-14-24(5)15-18-37-20-25(27(34)35)31-28(36)32(17-16-29)19-26(30)33/h15,21-23,25H,6-14,17-20H2,1-5H3,(H2,30,33)(H,31,36)(H,34,35)/b24-15+. The average Bonchev–Trinajstić information content (AvgIpc) is 2.79. The Hall–Kier alpha value is -2.21. The van der Waals surface area contributed by atoms with E-state index in [-0.39, 0.29) is 12.3 Å². The summed E-state index contributed by atoms with van der Waals surface area (Å²) >= 11 is 1.41. The van der Waals surface area contributed by atoms with E-state index in [1.54, 1.807) is 6.07 Å². The number of allylic oxidation sites excluding steroid dienone is 1. The topological polar surface area (TPSA) is 137 Å². The molecule has 0 aromatic carbocycles. The Kier molecular flexibility index (Phi) is 19.6. The quantitative estimate of drug-likeness (QED) is 0.0991. The zero-order valence-electron chi connectivity index (χ0n) is 23.6. The molecule has 37 heavy (non-hydrogen) atoms. The van der Waals surface area contributed by atoms with Gasteiger partial charge in [-0.1, -0.05) is 84.3 Å². The van der Waals surface area contributed by atoms with E-state index in [2.05, 4.69) is 46.0 Å². The van der Waals surface area contributed by atoms with Crippen LogP contribution in [0.4, 0.5) is 4.79 Å². The van der Waals surface area contributed by atoms with Crippen LogP contribution in [0, 0.1) is 29.1 Å². The SMILES string of the molecule is C/C(=C\CSCC(NC(=O)N(CC#N)CC(N)=O)C(=O)O)CCCC(C)CCCC(C)CCCC(C)C. The van der Waals surface area contributed by atoms with Crippen molar-refractivity contribution < 1.29 is 19.5 Å². The summed E-state index contributed by atoms with van der Waals surface area (Å²) in [5.74, 6) is 1.25. The van der Waals surface area contributed by atoms with Crippen LogP contribution in [0.2, 0.25) is 0 Å². The molecule has 3 amide bonds. The van der Waals surface area contributed by atoms with Crippen LogP contribution in [0.5, 0.6) is 0 Å². The zero-order valence-corrected chi connectivity index (χ0v) is 24.4. The third kappa shape index (κ3) is 19.6. The van der Waals surface area contributed by atoms with E-state index in [1.165, 1.54) is 62.3 Å². The first-order valence-electron chi connectivity index (χ1n) is 13.6. The van der Waals surface area contributed by atoms with Crippen LogP contribution in [0.25, 0.3) is 0 Å². The highest BCUT2D eigenvalue weighted by Gasteiger charge is 2.23. The number of carboxylic acid groups (broad SMARTS) is 1. The van der Waals surface area contributed by atoms with Crippen molar-refractivity contribution >= 4 is 29.7 Å². The first-order valence-corrected chi connectivity index (χ1v) is 14.8. The van der Waals surface area contributed by atoms with Crippen LogP contribution in [0.15, 0.2) is 11.6 Å². The predicted octanol–water partition coefficient (Wildman–Crippen LogP) is 5.58. The number of carboxylic acids is 1. The monoisotopic (exact) mass is 538 g/mol. The number of nitrogens with zero attached hydrogens (tertiary/aromatic N) is 2. The summed E-state index contributed by atoms with van der Waals surface area (Å²) in [7, 11) is 0. The van der Waals surface area contributed by atoms with Gasteiger partial charge in [-0.3, -0.25) is 4.79 Å². The molecule has 0 fully saturated rings. The number of hydrogen-bond acceptors (Lipinski definition) is 5. The van der Waals surface area contributed by atoms with Gasteiger partial charge in [0.15, 0.2) is 0 Å². The van der Waals surface area contributed by atoms with Crippen LogP contribution in [-0.4, -0.2) is 58.6 Å². The predicted molar refractivity (Wildman–Crippen MR) is 152 cm³/mol. The number of hydrogen-bond donors (Lipinski definition) is 3. The summed E-state index contributed by atoms with van der Waals surface area (Å²) in [5.41, 5.74) is 6.37. The Labute approximate surface area is 228 Å². The van der Waals surface area contributed by atoms with Crippen LogP contribution in [-0.2, 0) is 9.59 Å². The van der Waals surface area contributed by atoms with Gasteiger partial charge in [-0.05, 0) is 37.5 Å². The van der Waals surface area contributed by atoms with Gasteiger partial charge in [0.2, 0.25) is 5.91 Å². The largest absolute Gasteiger partial charge is 0.480 e. The Morgan fingerprint density at radius 2 is 1.59 bits per heavy atom. The number of carbonyl (C=O) groups is 3. The lowest BCUT2D eigenvalue weighted by Crippen LogP contribution is -2.51. The van der Waals surface area contributed by atoms with E-state index in [0.717, 1.165) is 35.5 Å². The molecule has 8 nitrogen and oxygen atoms in total. The van der Waals surface area contributed by atoms with Crippen LogP contribution in [0.3, 0.4) is 0 Å². The Morgan fingerprint density at radius 3 is 2.11 bits per heavy atom. The highest BCUT2D eigenvalue weighted by atomic mass is 32.2. The van der Waals surface area contributed by atoms with Gasteiger partial charge in [-0.15, -0.1) is 0 Å². The minimum absolute atomic E-state index is 0.175. The van der Waals surface area contributed by atoms with Gasteiger partial charge in [0.05, 0.1) is 6.07 Å². The zero-order chi connectivity index (χ0) is 28.2. The highest BCUT2D eigenvalue weighted by Crippen LogP contribution is 2.22. The van der Waals surface area contributed by atoms with Gasteiger partial charge in [-0.2, -0.15) is 17.0 Å². The van der Waals surface area contributed by atoms with Crippen molar-refractivity contribution in [1.82, 2.24) is 10.2 Å². The van der Waals surface area contributed by atoms with Crippen molar-refractivity contribution in [3.8, 4) is 6.07 Å². The molecule has 0 heterocycles. The second-order valence-electron chi connectivity index (χ2n) is 10.8. The molecule has 4 N–H and O–H groups in total. The second-order valence-corrected chi connectivity index (χ2v) is 11.8. The number of thioether (sulfide) groups is 1. The van der Waals surface area contributed by atoms with Gasteiger partial charge in [0.1, 0.15) is 19.1 Å². The van der Waals surface area contributed by atoms with Crippen molar-refractivity contribution in [2.24, 2.45) is 23.5 Å². The molecule has 212 valence electrons. The van der Waals surface area contributed by atoms with Crippen LogP contribution in [0.1, 0.15) is 92.4 Å². The molecule has 0 aromatic heterocycles. The molecule has 0 radical (unpaired) electrons. The van der Waals surface area contributed by atoms with E-state index >= 15 is 0 Å². The minimum atomic E-state index is -1.17. The number of nitriles is 1. The lowest BCUT2D eigenvalue weighted by atomic mass is 9.91. The number of nitrogens with one attached hydrogen (secondary N) is 1. The fourth-order valence-corrected chi connectivity index (χ4v) is 5.08. The van der Waals surface area contributed by atoms with E-state index < -0.39 is 30.5 Å².